The number of unbranched alkanes of at least 4 members (excludes halogenated alkanes) is 27. The van der Waals surface area contributed by atoms with Gasteiger partial charge < -0.3 is 28.5 Å². The van der Waals surface area contributed by atoms with Gasteiger partial charge in [0, 0.05) is 12.8 Å². The van der Waals surface area contributed by atoms with Gasteiger partial charge in [0.1, 0.15) is 13.2 Å². The minimum Gasteiger partial charge on any atom is -0.477 e. The summed E-state index contributed by atoms with van der Waals surface area (Å²) in [5.41, 5.74) is 0. The number of hydrogen-bond acceptors (Lipinski definition) is 7. The van der Waals surface area contributed by atoms with E-state index < -0.39 is 24.3 Å². The van der Waals surface area contributed by atoms with Gasteiger partial charge in [-0.25, -0.2) is 4.79 Å². The molecule has 0 saturated heterocycles. The molecule has 0 heterocycles. The van der Waals surface area contributed by atoms with Gasteiger partial charge in [0.05, 0.1) is 34.4 Å². The van der Waals surface area contributed by atoms with Crippen LogP contribution in [0.5, 0.6) is 0 Å². The molecule has 0 aromatic carbocycles. The molecule has 0 aliphatic heterocycles. The van der Waals surface area contributed by atoms with E-state index in [-0.39, 0.29) is 32.2 Å². The highest BCUT2D eigenvalue weighted by molar-refractivity contribution is 5.71. The van der Waals surface area contributed by atoms with Gasteiger partial charge >= 0.3 is 17.9 Å². The second kappa shape index (κ2) is 56.7. The zero-order valence-electron chi connectivity index (χ0n) is 49.2. The van der Waals surface area contributed by atoms with Crippen molar-refractivity contribution in [1.29, 1.82) is 0 Å². The normalized spacial score (nSPS) is 13.3. The van der Waals surface area contributed by atoms with Crippen molar-refractivity contribution < 1.29 is 42.9 Å². The Kier molecular flexibility index (Phi) is 54.0. The monoisotopic (exact) mass is 1050 g/mol. The van der Waals surface area contributed by atoms with Crippen LogP contribution in [0.3, 0.4) is 0 Å². The third kappa shape index (κ3) is 58.0. The van der Waals surface area contributed by atoms with Gasteiger partial charge in [-0.2, -0.15) is 0 Å². The highest BCUT2D eigenvalue weighted by Crippen LogP contribution is 2.17. The van der Waals surface area contributed by atoms with Gasteiger partial charge in [-0.05, 0) is 70.6 Å². The van der Waals surface area contributed by atoms with Gasteiger partial charge in [-0.15, -0.1) is 0 Å². The molecule has 0 aromatic rings. The Morgan fingerprint density at radius 3 is 1.13 bits per heavy atom. The standard InChI is InChI=1S/C66H115NO8/c1-6-8-10-12-14-16-18-20-22-24-26-28-30-31-32-33-35-37-39-41-43-45-47-49-51-53-55-57-64(69)75-62(61-74-66(65(70)71)72-59-58-67(3,4)5)60-73-63(68)56-54-52-50-48-46-44-42-40-38-36-34-29-27-25-23-21-19-17-15-13-11-9-7-2/h8,10,14,16,20,22,26,28,31-32,35,37,41,43,62,66H,6-7,9,11-13,15,17-19,21,23-25,27,29-30,33-34,36,38-40,42,44-61H2,1-5H3/p+1/b10-8-,16-14-,22-20-,28-26-,32-31-,37-35-,43-41-. The summed E-state index contributed by atoms with van der Waals surface area (Å²) in [6.07, 6.45) is 72.4. The Morgan fingerprint density at radius 2 is 0.760 bits per heavy atom. The molecule has 0 rings (SSSR count). The van der Waals surface area contributed by atoms with E-state index in [1.807, 2.05) is 21.1 Å². The predicted molar refractivity (Wildman–Crippen MR) is 318 cm³/mol. The molecule has 1 N–H and O–H groups in total. The molecule has 2 atom stereocenters. The lowest BCUT2D eigenvalue weighted by Crippen LogP contribution is -2.40. The van der Waals surface area contributed by atoms with Crippen LogP contribution in [-0.2, 0) is 33.3 Å². The lowest BCUT2D eigenvalue weighted by Gasteiger charge is -2.25. The zero-order chi connectivity index (χ0) is 54.8. The van der Waals surface area contributed by atoms with Crippen molar-refractivity contribution in [3.63, 3.8) is 0 Å². The van der Waals surface area contributed by atoms with E-state index in [0.717, 1.165) is 96.3 Å². The van der Waals surface area contributed by atoms with Gasteiger partial charge in [0.2, 0.25) is 0 Å². The molecule has 9 heteroatoms. The van der Waals surface area contributed by atoms with Crippen molar-refractivity contribution in [3.05, 3.63) is 85.1 Å². The molecule has 0 aliphatic carbocycles. The number of hydrogen-bond donors (Lipinski definition) is 1. The number of allylic oxidation sites excluding steroid dienone is 14. The first kappa shape index (κ1) is 71.5. The maximum Gasteiger partial charge on any atom is 0.361 e. The first-order chi connectivity index (χ1) is 36.6. The molecular formula is C66H116NO8+. The molecule has 0 saturated carbocycles. The number of carboxylic acids is 1. The lowest BCUT2D eigenvalue weighted by molar-refractivity contribution is -0.870. The van der Waals surface area contributed by atoms with E-state index in [1.165, 1.54) is 128 Å². The molecule has 0 aliphatic rings. The van der Waals surface area contributed by atoms with Gasteiger partial charge in [-0.1, -0.05) is 259 Å². The first-order valence-corrected chi connectivity index (χ1v) is 30.8. The fourth-order valence-corrected chi connectivity index (χ4v) is 8.47. The van der Waals surface area contributed by atoms with Crippen molar-refractivity contribution in [2.75, 3.05) is 47.5 Å². The zero-order valence-corrected chi connectivity index (χ0v) is 49.2. The van der Waals surface area contributed by atoms with Crippen LogP contribution in [0.15, 0.2) is 85.1 Å². The average Bonchev–Trinajstić information content (AvgIpc) is 3.38. The molecule has 75 heavy (non-hydrogen) atoms. The van der Waals surface area contributed by atoms with Crippen molar-refractivity contribution >= 4 is 17.9 Å². The summed E-state index contributed by atoms with van der Waals surface area (Å²) in [7, 11) is 5.96. The van der Waals surface area contributed by atoms with E-state index >= 15 is 0 Å². The summed E-state index contributed by atoms with van der Waals surface area (Å²) >= 11 is 0. The molecule has 9 nitrogen and oxygen atoms in total. The molecule has 0 amide bonds. The Bertz CT molecular complexity index is 1500. The number of nitrogens with zero attached hydrogens (tertiary/aromatic N) is 1. The van der Waals surface area contributed by atoms with Gasteiger partial charge in [-0.3, -0.25) is 9.59 Å². The number of aliphatic carboxylic acids is 1. The van der Waals surface area contributed by atoms with Gasteiger partial charge in [0.15, 0.2) is 6.10 Å². The van der Waals surface area contributed by atoms with E-state index in [0.29, 0.717) is 23.9 Å². The van der Waals surface area contributed by atoms with E-state index in [4.69, 9.17) is 18.9 Å². The Hall–Kier alpha value is -3.53. The van der Waals surface area contributed by atoms with Crippen molar-refractivity contribution in [2.45, 2.75) is 270 Å². The topological polar surface area (TPSA) is 108 Å². The van der Waals surface area contributed by atoms with Crippen LogP contribution in [0, 0.1) is 0 Å². The first-order valence-electron chi connectivity index (χ1n) is 30.8. The SMILES string of the molecule is CC/C=C\C/C=C\C/C=C\C/C=C\C/C=C\C/C=C\C/C=C\CCCCCCCC(=O)OC(COC(=O)CCCCCCCCCCCCCCCCCCCCCCCCC)COC(OCC[N+](C)(C)C)C(=O)O. The highest BCUT2D eigenvalue weighted by Gasteiger charge is 2.25. The van der Waals surface area contributed by atoms with Crippen molar-refractivity contribution in [1.82, 2.24) is 0 Å². The van der Waals surface area contributed by atoms with Gasteiger partial charge in [0.25, 0.3) is 6.29 Å². The molecule has 0 fully saturated rings. The van der Waals surface area contributed by atoms with Crippen molar-refractivity contribution in [3.8, 4) is 0 Å². The minimum atomic E-state index is -1.52. The predicted octanol–water partition coefficient (Wildman–Crippen LogP) is 18.3. The van der Waals surface area contributed by atoms with Crippen LogP contribution in [0.1, 0.15) is 258 Å². The summed E-state index contributed by atoms with van der Waals surface area (Å²) in [5, 5.41) is 9.72. The van der Waals surface area contributed by atoms with Crippen LogP contribution < -0.4 is 0 Å². The number of rotatable bonds is 56. The number of carbonyl (C=O) groups is 3. The van der Waals surface area contributed by atoms with Crippen LogP contribution in [0.25, 0.3) is 0 Å². The number of likely N-dealkylation sites (N-methyl/N-ethyl adjacent to an activating group) is 1. The van der Waals surface area contributed by atoms with Crippen molar-refractivity contribution in [2.24, 2.45) is 0 Å². The smallest absolute Gasteiger partial charge is 0.361 e. The van der Waals surface area contributed by atoms with E-state index in [1.54, 1.807) is 0 Å². The Balaban J connectivity index is 4.27. The highest BCUT2D eigenvalue weighted by atomic mass is 16.7. The van der Waals surface area contributed by atoms with Crippen LogP contribution in [0.2, 0.25) is 0 Å². The third-order valence-corrected chi connectivity index (χ3v) is 13.2. The Morgan fingerprint density at radius 1 is 0.413 bits per heavy atom. The fourth-order valence-electron chi connectivity index (χ4n) is 8.47. The summed E-state index contributed by atoms with van der Waals surface area (Å²) in [6.45, 7) is 4.76. The summed E-state index contributed by atoms with van der Waals surface area (Å²) in [5.74, 6) is -2.03. The van der Waals surface area contributed by atoms with Crippen LogP contribution in [0.4, 0.5) is 0 Å². The number of carbonyl (C=O) groups excluding carboxylic acids is 2. The fraction of sp³-hybridized carbons (Fsp3) is 0.742. The average molecular weight is 1050 g/mol. The largest absolute Gasteiger partial charge is 0.477 e. The summed E-state index contributed by atoms with van der Waals surface area (Å²) < 4.78 is 22.9. The number of esters is 2. The summed E-state index contributed by atoms with van der Waals surface area (Å²) in [6, 6.07) is 0. The molecule has 0 radical (unpaired) electrons. The maximum absolute atomic E-state index is 12.9. The lowest BCUT2D eigenvalue weighted by atomic mass is 10.0. The van der Waals surface area contributed by atoms with E-state index in [9.17, 15) is 19.5 Å². The second-order valence-electron chi connectivity index (χ2n) is 21.6. The molecule has 0 bridgehead atoms. The Labute approximate surface area is 461 Å². The number of carboxylic acid groups (broad SMARTS) is 1. The number of ether oxygens (including phenoxy) is 4. The molecule has 2 unspecified atom stereocenters. The maximum atomic E-state index is 12.9. The number of quaternary nitrogens is 1. The van der Waals surface area contributed by atoms with E-state index in [2.05, 4.69) is 98.9 Å². The van der Waals surface area contributed by atoms with Crippen LogP contribution in [-0.4, -0.2) is 87.4 Å². The molecular weight excluding hydrogens is 935 g/mol. The molecule has 0 aromatic heterocycles. The minimum absolute atomic E-state index is 0.181. The second-order valence-corrected chi connectivity index (χ2v) is 21.6. The molecule has 432 valence electrons. The third-order valence-electron chi connectivity index (χ3n) is 13.2. The quantitative estimate of drug-likeness (QED) is 0.0211. The summed E-state index contributed by atoms with van der Waals surface area (Å²) in [4.78, 5) is 37.5. The molecule has 0 spiro atoms. The van der Waals surface area contributed by atoms with Crippen LogP contribution >= 0.6 is 0 Å².